The molecule has 9 atom stereocenters. The number of aliphatic hydroxyl groups is 1. The molecule has 0 unspecified atom stereocenters. The highest BCUT2D eigenvalue weighted by molar-refractivity contribution is 9.10. The van der Waals surface area contributed by atoms with Crippen LogP contribution in [0.4, 0.5) is 0 Å². The van der Waals surface area contributed by atoms with E-state index >= 15 is 0 Å². The van der Waals surface area contributed by atoms with Crippen molar-refractivity contribution in [1.29, 1.82) is 0 Å². The van der Waals surface area contributed by atoms with E-state index in [0.717, 1.165) is 18.4 Å². The van der Waals surface area contributed by atoms with Crippen LogP contribution in [-0.2, 0) is 28.6 Å². The number of ether oxygens (including phenoxy) is 3. The highest BCUT2D eigenvalue weighted by Gasteiger charge is 2.75. The predicted octanol–water partition coefficient (Wildman–Crippen LogP) is 3.77. The first-order valence-corrected chi connectivity index (χ1v) is 13.2. The number of halogens is 1. The summed E-state index contributed by atoms with van der Waals surface area (Å²) in [7, 11) is 1.51. The number of fused-ring (bicyclic) bond motifs is 5. The van der Waals surface area contributed by atoms with Crippen LogP contribution in [0.2, 0.25) is 0 Å². The summed E-state index contributed by atoms with van der Waals surface area (Å²) in [5.41, 5.74) is -1.49. The maximum absolute atomic E-state index is 13.8. The normalized spacial score (nSPS) is 46.3. The lowest BCUT2D eigenvalue weighted by Gasteiger charge is -2.65. The standard InChI is InChI=1S/C27H37BrO7/c1-15-9-21-20-10-16(2)27(35-14-33-6,23(32)13-34-17(3)29)25(20,5)12-22(31)26(21,28)24(4)8-7-18(30)11-19(15)24/h7-8,11,15-16,20-22,31H,9-10,12-14H2,1-6H3/t15-,16-,20-,21-,22-,24-,25-,26-,27-/m0/s1. The maximum atomic E-state index is 13.8. The SMILES string of the molecule is COCO[C@]1(C(=O)COC(C)=O)[C@@H](C)C[C@H]2[C@@H]3C[C@H](C)C4=CC(=O)C=C[C@]4(C)[C@@]3(Br)[C@@H](O)C[C@@]21C. The highest BCUT2D eigenvalue weighted by Crippen LogP contribution is 2.73. The molecule has 0 aromatic rings. The summed E-state index contributed by atoms with van der Waals surface area (Å²) in [6.45, 7) is 9.11. The number of allylic oxidation sites excluding steroid dienone is 4. The Morgan fingerprint density at radius 1 is 1.20 bits per heavy atom. The molecule has 35 heavy (non-hydrogen) atoms. The largest absolute Gasteiger partial charge is 0.458 e. The zero-order valence-electron chi connectivity index (χ0n) is 21.4. The second-order valence-electron chi connectivity index (χ2n) is 11.4. The van der Waals surface area contributed by atoms with Crippen LogP contribution in [0.25, 0.3) is 0 Å². The zero-order valence-corrected chi connectivity index (χ0v) is 23.0. The Morgan fingerprint density at radius 2 is 1.89 bits per heavy atom. The number of esters is 1. The smallest absolute Gasteiger partial charge is 0.303 e. The van der Waals surface area contributed by atoms with Crippen molar-refractivity contribution in [2.75, 3.05) is 20.5 Å². The Morgan fingerprint density at radius 3 is 2.51 bits per heavy atom. The Hall–Kier alpha value is -1.35. The van der Waals surface area contributed by atoms with Gasteiger partial charge in [0.25, 0.3) is 0 Å². The van der Waals surface area contributed by atoms with E-state index < -0.39 is 32.8 Å². The first kappa shape index (κ1) is 26.7. The van der Waals surface area contributed by atoms with E-state index in [-0.39, 0.29) is 48.6 Å². The molecule has 4 rings (SSSR count). The second kappa shape index (κ2) is 8.89. The van der Waals surface area contributed by atoms with Gasteiger partial charge in [-0.05, 0) is 55.1 Å². The molecule has 0 bridgehead atoms. The minimum Gasteiger partial charge on any atom is -0.458 e. The van der Waals surface area contributed by atoms with Gasteiger partial charge in [-0.1, -0.05) is 55.3 Å². The van der Waals surface area contributed by atoms with Gasteiger partial charge in [0.2, 0.25) is 5.78 Å². The molecule has 3 saturated carbocycles. The summed E-state index contributed by atoms with van der Waals surface area (Å²) in [4.78, 5) is 37.5. The number of hydrogen-bond donors (Lipinski definition) is 1. The average molecular weight is 553 g/mol. The molecule has 4 aliphatic rings. The van der Waals surface area contributed by atoms with Gasteiger partial charge in [0.05, 0.1) is 10.4 Å². The van der Waals surface area contributed by atoms with Crippen molar-refractivity contribution in [3.05, 3.63) is 23.8 Å². The van der Waals surface area contributed by atoms with Gasteiger partial charge in [-0.15, -0.1) is 0 Å². The summed E-state index contributed by atoms with van der Waals surface area (Å²) in [5, 5.41) is 11.9. The van der Waals surface area contributed by atoms with E-state index in [1.807, 2.05) is 19.9 Å². The third-order valence-corrected chi connectivity index (χ3v) is 11.7. The average Bonchev–Trinajstić information content (AvgIpc) is 3.01. The number of hydrogen-bond acceptors (Lipinski definition) is 7. The number of Topliss-reactive ketones (excluding diaryl/α,β-unsaturated/α-hetero) is 1. The van der Waals surface area contributed by atoms with Gasteiger partial charge in [0.1, 0.15) is 12.4 Å². The number of ketones is 2. The Labute approximate surface area is 215 Å². The maximum Gasteiger partial charge on any atom is 0.303 e. The molecule has 0 aromatic heterocycles. The van der Waals surface area contributed by atoms with Crippen molar-refractivity contribution in [1.82, 2.24) is 0 Å². The molecule has 3 fully saturated rings. The first-order chi connectivity index (χ1) is 16.3. The number of aliphatic hydroxyl groups excluding tert-OH is 1. The number of methoxy groups -OCH3 is 1. The predicted molar refractivity (Wildman–Crippen MR) is 133 cm³/mol. The fourth-order valence-corrected chi connectivity index (χ4v) is 9.36. The van der Waals surface area contributed by atoms with Crippen molar-refractivity contribution in [3.63, 3.8) is 0 Å². The van der Waals surface area contributed by atoms with Crippen molar-refractivity contribution in [3.8, 4) is 0 Å². The first-order valence-electron chi connectivity index (χ1n) is 12.4. The summed E-state index contributed by atoms with van der Waals surface area (Å²) in [5.74, 6) is -0.819. The molecule has 4 aliphatic carbocycles. The number of alkyl halides is 1. The van der Waals surface area contributed by atoms with E-state index in [1.165, 1.54) is 14.0 Å². The van der Waals surface area contributed by atoms with Crippen LogP contribution in [0, 0.1) is 34.5 Å². The van der Waals surface area contributed by atoms with Crippen LogP contribution >= 0.6 is 15.9 Å². The van der Waals surface area contributed by atoms with Gasteiger partial charge < -0.3 is 19.3 Å². The number of carbonyl (C=O) groups is 3. The van der Waals surface area contributed by atoms with Crippen LogP contribution in [0.3, 0.4) is 0 Å². The molecular weight excluding hydrogens is 516 g/mol. The lowest BCUT2D eigenvalue weighted by Crippen LogP contribution is -2.70. The lowest BCUT2D eigenvalue weighted by molar-refractivity contribution is -0.219. The van der Waals surface area contributed by atoms with Gasteiger partial charge >= 0.3 is 5.97 Å². The Kier molecular flexibility index (Phi) is 6.78. The fraction of sp³-hybridized carbons (Fsp3) is 0.741. The molecule has 0 spiro atoms. The topological polar surface area (TPSA) is 99.1 Å². The van der Waals surface area contributed by atoms with Crippen LogP contribution in [0.5, 0.6) is 0 Å². The van der Waals surface area contributed by atoms with E-state index in [9.17, 15) is 19.5 Å². The molecule has 0 aliphatic heterocycles. The molecule has 0 amide bonds. The van der Waals surface area contributed by atoms with E-state index in [1.54, 1.807) is 12.2 Å². The van der Waals surface area contributed by atoms with Gasteiger partial charge in [-0.2, -0.15) is 0 Å². The zero-order chi connectivity index (χ0) is 26.0. The molecular formula is C27H37BrO7. The van der Waals surface area contributed by atoms with E-state index in [4.69, 9.17) is 14.2 Å². The van der Waals surface area contributed by atoms with Crippen molar-refractivity contribution in [2.45, 2.75) is 69.9 Å². The minimum atomic E-state index is -1.27. The van der Waals surface area contributed by atoms with Crippen LogP contribution in [-0.4, -0.2) is 59.2 Å². The van der Waals surface area contributed by atoms with Gasteiger partial charge in [0, 0.05) is 24.9 Å². The summed E-state index contributed by atoms with van der Waals surface area (Å²) >= 11 is 4.07. The van der Waals surface area contributed by atoms with Gasteiger partial charge in [-0.25, -0.2) is 0 Å². The molecule has 0 radical (unpaired) electrons. The van der Waals surface area contributed by atoms with Crippen LogP contribution < -0.4 is 0 Å². The van der Waals surface area contributed by atoms with E-state index in [2.05, 4.69) is 29.8 Å². The number of rotatable bonds is 6. The highest BCUT2D eigenvalue weighted by atomic mass is 79.9. The minimum absolute atomic E-state index is 0.0169. The lowest BCUT2D eigenvalue weighted by atomic mass is 9.44. The van der Waals surface area contributed by atoms with Crippen LogP contribution in [0.1, 0.15) is 53.9 Å². The molecule has 0 saturated heterocycles. The number of carbonyl (C=O) groups excluding carboxylic acids is 3. The third-order valence-electron chi connectivity index (χ3n) is 9.73. The van der Waals surface area contributed by atoms with E-state index in [0.29, 0.717) is 6.42 Å². The summed E-state index contributed by atoms with van der Waals surface area (Å²) in [6, 6.07) is 0. The molecule has 194 valence electrons. The molecule has 1 N–H and O–H groups in total. The Bertz CT molecular complexity index is 990. The van der Waals surface area contributed by atoms with Crippen molar-refractivity contribution in [2.24, 2.45) is 34.5 Å². The second-order valence-corrected chi connectivity index (χ2v) is 12.7. The molecule has 7 nitrogen and oxygen atoms in total. The molecule has 0 aromatic carbocycles. The monoisotopic (exact) mass is 552 g/mol. The Balaban J connectivity index is 1.82. The third kappa shape index (κ3) is 3.50. The summed E-state index contributed by atoms with van der Waals surface area (Å²) < 4.78 is 16.0. The van der Waals surface area contributed by atoms with Gasteiger partial charge in [-0.3, -0.25) is 14.4 Å². The summed E-state index contributed by atoms with van der Waals surface area (Å²) in [6.07, 6.45) is 6.29. The quantitative estimate of drug-likeness (QED) is 0.304. The van der Waals surface area contributed by atoms with Gasteiger partial charge in [0.15, 0.2) is 12.4 Å². The van der Waals surface area contributed by atoms with Crippen LogP contribution in [0.15, 0.2) is 23.8 Å². The van der Waals surface area contributed by atoms with Crippen molar-refractivity contribution >= 4 is 33.5 Å². The molecule has 0 heterocycles. The van der Waals surface area contributed by atoms with Crippen molar-refractivity contribution < 1.29 is 33.7 Å². The molecule has 8 heteroatoms. The fourth-order valence-electron chi connectivity index (χ4n) is 8.33.